The largest absolute Gasteiger partial charge is 0.456 e. The van der Waals surface area contributed by atoms with Gasteiger partial charge in [-0.2, -0.15) is 9.64 Å². The molecule has 0 unspecified atom stereocenters. The van der Waals surface area contributed by atoms with E-state index in [0.29, 0.717) is 49.3 Å². The molecule has 2 aromatic carbocycles. The van der Waals surface area contributed by atoms with Crippen LogP contribution in [-0.2, 0) is 6.42 Å². The Bertz CT molecular complexity index is 1260. The van der Waals surface area contributed by atoms with Gasteiger partial charge in [0.05, 0.1) is 23.1 Å². The molecule has 0 saturated carbocycles. The number of hydrogen-bond donors (Lipinski definition) is 0. The molecule has 6 nitrogen and oxygen atoms in total. The van der Waals surface area contributed by atoms with Gasteiger partial charge in [-0.1, -0.05) is 52.5 Å². The monoisotopic (exact) mass is 496 g/mol. The van der Waals surface area contributed by atoms with E-state index in [0.717, 1.165) is 17.1 Å². The maximum atomic E-state index is 9.09. The van der Waals surface area contributed by atoms with Gasteiger partial charge in [0.2, 0.25) is 5.89 Å². The molecule has 11 heteroatoms. The fourth-order valence-corrected chi connectivity index (χ4v) is 4.14. The van der Waals surface area contributed by atoms with Gasteiger partial charge in [0, 0.05) is 5.02 Å². The Balaban J connectivity index is 1.57. The molecule has 4 rings (SSSR count). The average molecular weight is 498 g/mol. The quantitative estimate of drug-likeness (QED) is 0.293. The molecular weight excluding hydrogens is 490 g/mol. The molecule has 0 spiro atoms. The van der Waals surface area contributed by atoms with E-state index in [-0.39, 0.29) is 11.0 Å². The van der Waals surface area contributed by atoms with Gasteiger partial charge in [-0.15, -0.1) is 10.2 Å². The number of benzene rings is 2. The second-order valence-corrected chi connectivity index (χ2v) is 8.53. The minimum Gasteiger partial charge on any atom is -0.456 e. The number of aromatic nitrogens is 3. The van der Waals surface area contributed by atoms with Gasteiger partial charge in [0.15, 0.2) is 5.15 Å². The van der Waals surface area contributed by atoms with Crippen LogP contribution in [0.1, 0.15) is 17.0 Å². The van der Waals surface area contributed by atoms with Crippen molar-refractivity contribution in [2.24, 2.45) is 0 Å². The lowest BCUT2D eigenvalue weighted by molar-refractivity contribution is 0.481. The van der Waals surface area contributed by atoms with E-state index >= 15 is 0 Å². The normalized spacial score (nSPS) is 10.8. The van der Waals surface area contributed by atoms with Crippen molar-refractivity contribution >= 4 is 57.9 Å². The van der Waals surface area contributed by atoms with E-state index in [2.05, 4.69) is 14.6 Å². The van der Waals surface area contributed by atoms with Crippen LogP contribution in [0.2, 0.25) is 19.5 Å². The molecule has 2 heterocycles. The summed E-state index contributed by atoms with van der Waals surface area (Å²) in [6.07, 6.45) is 0.326. The summed E-state index contributed by atoms with van der Waals surface area (Å²) in [5.41, 5.74) is 1.60. The summed E-state index contributed by atoms with van der Waals surface area (Å²) in [4.78, 5) is 0. The summed E-state index contributed by atoms with van der Waals surface area (Å²) < 4.78 is 15.8. The van der Waals surface area contributed by atoms with Gasteiger partial charge >= 0.3 is 0 Å². The number of rotatable bonds is 5. The molecule has 0 aliphatic carbocycles. The molecule has 0 atom stereocenters. The van der Waals surface area contributed by atoms with Gasteiger partial charge in [-0.25, -0.2) is 0 Å². The SMILES string of the molecule is N#Cc1cc(Cl)cc(Oc2cc(Cc3nnc(-c4c(Cl)nsc4Cl)o3)ccc2Cl)c1. The second kappa shape index (κ2) is 8.80. The van der Waals surface area contributed by atoms with Crippen LogP contribution in [0.15, 0.2) is 40.8 Å². The molecular formula is C19H8Cl4N4O2S. The molecule has 0 aliphatic rings. The standard InChI is InChI=1S/C19H8Cl4N4O2S/c20-11-3-10(8-24)4-12(7-11)28-14-5-9(1-2-13(14)21)6-15-25-26-19(29-15)16-17(22)27-30-18(16)23/h1-5,7H,6H2. The zero-order chi connectivity index (χ0) is 21.3. The highest BCUT2D eigenvalue weighted by molar-refractivity contribution is 7.11. The van der Waals surface area contributed by atoms with Crippen molar-refractivity contribution in [2.75, 3.05) is 0 Å². The highest BCUT2D eigenvalue weighted by Gasteiger charge is 2.19. The van der Waals surface area contributed by atoms with Gasteiger partial charge in [0.1, 0.15) is 21.4 Å². The molecule has 30 heavy (non-hydrogen) atoms. The van der Waals surface area contributed by atoms with Crippen LogP contribution in [0.25, 0.3) is 11.5 Å². The van der Waals surface area contributed by atoms with E-state index in [1.54, 1.807) is 30.3 Å². The summed E-state index contributed by atoms with van der Waals surface area (Å²) in [7, 11) is 0. The van der Waals surface area contributed by atoms with Crippen molar-refractivity contribution in [1.29, 1.82) is 5.26 Å². The fraction of sp³-hybridized carbons (Fsp3) is 0.0526. The van der Waals surface area contributed by atoms with Gasteiger partial charge in [-0.3, -0.25) is 0 Å². The van der Waals surface area contributed by atoms with E-state index in [4.69, 9.17) is 60.8 Å². The molecule has 0 bridgehead atoms. The molecule has 0 aliphatic heterocycles. The van der Waals surface area contributed by atoms with E-state index in [1.807, 2.05) is 12.1 Å². The van der Waals surface area contributed by atoms with Crippen molar-refractivity contribution in [3.05, 3.63) is 73.0 Å². The summed E-state index contributed by atoms with van der Waals surface area (Å²) >= 11 is 25.4. The van der Waals surface area contributed by atoms with E-state index in [9.17, 15) is 0 Å². The zero-order valence-electron chi connectivity index (χ0n) is 14.7. The summed E-state index contributed by atoms with van der Waals surface area (Å²) in [5.74, 6) is 1.34. The number of nitrogens with zero attached hydrogens (tertiary/aromatic N) is 4. The minimum atomic E-state index is 0.196. The molecule has 2 aromatic heterocycles. The Morgan fingerprint density at radius 1 is 1.07 bits per heavy atom. The lowest BCUT2D eigenvalue weighted by Gasteiger charge is -2.10. The lowest BCUT2D eigenvalue weighted by atomic mass is 10.1. The topological polar surface area (TPSA) is 84.8 Å². The smallest absolute Gasteiger partial charge is 0.253 e. The number of ether oxygens (including phenoxy) is 1. The Hall–Kier alpha value is -2.34. The van der Waals surface area contributed by atoms with Crippen molar-refractivity contribution in [3.8, 4) is 29.0 Å². The number of hydrogen-bond acceptors (Lipinski definition) is 7. The molecule has 4 aromatic rings. The molecule has 0 radical (unpaired) electrons. The van der Waals surface area contributed by atoms with E-state index in [1.165, 1.54) is 0 Å². The Labute approximate surface area is 194 Å². The van der Waals surface area contributed by atoms with Crippen molar-refractivity contribution in [3.63, 3.8) is 0 Å². The predicted molar refractivity (Wildman–Crippen MR) is 116 cm³/mol. The van der Waals surface area contributed by atoms with Gasteiger partial charge in [-0.05, 0) is 47.4 Å². The first kappa shape index (κ1) is 20.9. The first-order valence-electron chi connectivity index (χ1n) is 8.23. The maximum Gasteiger partial charge on any atom is 0.253 e. The third-order valence-electron chi connectivity index (χ3n) is 3.87. The van der Waals surface area contributed by atoms with Crippen LogP contribution < -0.4 is 4.74 Å². The predicted octanol–water partition coefficient (Wildman–Crippen LogP) is 7.06. The highest BCUT2D eigenvalue weighted by Crippen LogP contribution is 2.37. The first-order chi connectivity index (χ1) is 14.4. The Morgan fingerprint density at radius 2 is 1.90 bits per heavy atom. The molecule has 150 valence electrons. The van der Waals surface area contributed by atoms with Gasteiger partial charge < -0.3 is 9.15 Å². The van der Waals surface area contributed by atoms with Crippen LogP contribution in [0.3, 0.4) is 0 Å². The number of halogens is 4. The summed E-state index contributed by atoms with van der Waals surface area (Å²) in [6, 6.07) is 12.0. The highest BCUT2D eigenvalue weighted by atomic mass is 35.5. The third-order valence-corrected chi connectivity index (χ3v) is 5.81. The summed E-state index contributed by atoms with van der Waals surface area (Å²) in [5, 5.41) is 18.1. The Kier molecular flexibility index (Phi) is 6.14. The summed E-state index contributed by atoms with van der Waals surface area (Å²) in [6.45, 7) is 0. The van der Waals surface area contributed by atoms with Crippen LogP contribution in [0, 0.1) is 11.3 Å². The number of nitriles is 1. The van der Waals surface area contributed by atoms with E-state index < -0.39 is 0 Å². The van der Waals surface area contributed by atoms with Crippen molar-refractivity contribution in [2.45, 2.75) is 6.42 Å². The maximum absolute atomic E-state index is 9.09. The van der Waals surface area contributed by atoms with Crippen LogP contribution in [0.5, 0.6) is 11.5 Å². The average Bonchev–Trinajstić information content (AvgIpc) is 3.29. The molecule has 0 N–H and O–H groups in total. The fourth-order valence-electron chi connectivity index (χ4n) is 2.57. The lowest BCUT2D eigenvalue weighted by Crippen LogP contribution is -1.92. The van der Waals surface area contributed by atoms with Crippen LogP contribution >= 0.6 is 57.9 Å². The molecule has 0 saturated heterocycles. The zero-order valence-corrected chi connectivity index (χ0v) is 18.5. The minimum absolute atomic E-state index is 0.196. The van der Waals surface area contributed by atoms with Crippen molar-refractivity contribution < 1.29 is 9.15 Å². The van der Waals surface area contributed by atoms with Crippen LogP contribution in [0.4, 0.5) is 0 Å². The van der Waals surface area contributed by atoms with Gasteiger partial charge in [0.25, 0.3) is 5.89 Å². The second-order valence-electron chi connectivity index (χ2n) is 5.95. The van der Waals surface area contributed by atoms with Crippen molar-refractivity contribution in [1.82, 2.24) is 14.6 Å². The molecule has 0 amide bonds. The van der Waals surface area contributed by atoms with Crippen LogP contribution in [-0.4, -0.2) is 14.6 Å². The first-order valence-corrected chi connectivity index (χ1v) is 10.5. The third kappa shape index (κ3) is 4.53. The Morgan fingerprint density at radius 3 is 2.63 bits per heavy atom. The molecule has 0 fully saturated rings.